The molecule has 4 heteroatoms. The molecule has 1 N–H and O–H groups in total. The van der Waals surface area contributed by atoms with Crippen LogP contribution < -0.4 is 14.8 Å². The highest BCUT2D eigenvalue weighted by Gasteiger charge is 2.38. The predicted molar refractivity (Wildman–Crippen MR) is 103 cm³/mol. The van der Waals surface area contributed by atoms with E-state index < -0.39 is 0 Å². The quantitative estimate of drug-likeness (QED) is 0.827. The summed E-state index contributed by atoms with van der Waals surface area (Å²) in [4.78, 5) is 12.5. The third-order valence-corrected chi connectivity index (χ3v) is 5.18. The Morgan fingerprint density at radius 2 is 1.96 bits per heavy atom. The number of para-hydroxylation sites is 1. The Balaban J connectivity index is 1.70. The highest BCUT2D eigenvalue weighted by Crippen LogP contribution is 2.42. The molecule has 1 aliphatic rings. The van der Waals surface area contributed by atoms with Crippen LogP contribution in [0.4, 0.5) is 0 Å². The first kappa shape index (κ1) is 18.3. The number of carbonyl (C=O) groups excluding carboxylic acids is 1. The van der Waals surface area contributed by atoms with Gasteiger partial charge in [-0.2, -0.15) is 0 Å². The number of fused-ring (bicyclic) bond motifs is 1. The summed E-state index contributed by atoms with van der Waals surface area (Å²) in [5.74, 6) is 1.46. The van der Waals surface area contributed by atoms with Gasteiger partial charge in [-0.3, -0.25) is 4.79 Å². The lowest BCUT2D eigenvalue weighted by Gasteiger charge is -2.41. The topological polar surface area (TPSA) is 47.6 Å². The summed E-state index contributed by atoms with van der Waals surface area (Å²) < 4.78 is 11.9. The van der Waals surface area contributed by atoms with Crippen molar-refractivity contribution in [1.82, 2.24) is 5.32 Å². The first-order chi connectivity index (χ1) is 12.5. The van der Waals surface area contributed by atoms with Gasteiger partial charge in [-0.05, 0) is 43.5 Å². The molecule has 2 aromatic carbocycles. The Hall–Kier alpha value is -2.49. The van der Waals surface area contributed by atoms with Gasteiger partial charge in [0.2, 0.25) is 0 Å². The van der Waals surface area contributed by atoms with E-state index in [4.69, 9.17) is 9.47 Å². The molecule has 26 heavy (non-hydrogen) atoms. The fourth-order valence-corrected chi connectivity index (χ4v) is 3.52. The number of amides is 1. The van der Waals surface area contributed by atoms with E-state index in [0.29, 0.717) is 5.75 Å². The van der Waals surface area contributed by atoms with Crippen molar-refractivity contribution < 1.29 is 14.3 Å². The molecule has 0 fully saturated rings. The van der Waals surface area contributed by atoms with Crippen molar-refractivity contribution in [2.75, 3.05) is 6.61 Å². The molecular formula is C22H27NO3. The van der Waals surface area contributed by atoms with Crippen LogP contribution in [0.2, 0.25) is 0 Å². The molecule has 0 saturated carbocycles. The van der Waals surface area contributed by atoms with Crippen LogP contribution in [0.25, 0.3) is 0 Å². The van der Waals surface area contributed by atoms with Gasteiger partial charge in [0.1, 0.15) is 17.1 Å². The summed E-state index contributed by atoms with van der Waals surface area (Å²) in [5.41, 5.74) is 1.91. The molecule has 0 aliphatic carbocycles. The van der Waals surface area contributed by atoms with Gasteiger partial charge in [0, 0.05) is 12.0 Å². The lowest BCUT2D eigenvalue weighted by molar-refractivity contribution is -0.124. The SMILES string of the molecule is CCC1(CC)C[C@H](NC(=O)COc2cccc(C)c2)c2ccccc2O1. The molecule has 0 aromatic heterocycles. The molecule has 0 unspecified atom stereocenters. The summed E-state index contributed by atoms with van der Waals surface area (Å²) in [6, 6.07) is 15.6. The molecule has 1 aliphatic heterocycles. The maximum absolute atomic E-state index is 12.5. The first-order valence-corrected chi connectivity index (χ1v) is 9.32. The van der Waals surface area contributed by atoms with Crippen molar-refractivity contribution in [3.05, 3.63) is 59.7 Å². The smallest absolute Gasteiger partial charge is 0.258 e. The number of hydrogen-bond acceptors (Lipinski definition) is 3. The van der Waals surface area contributed by atoms with Gasteiger partial charge >= 0.3 is 0 Å². The van der Waals surface area contributed by atoms with E-state index in [-0.39, 0.29) is 24.2 Å². The van der Waals surface area contributed by atoms with Crippen molar-refractivity contribution in [3.63, 3.8) is 0 Å². The predicted octanol–water partition coefficient (Wildman–Crippen LogP) is 4.57. The highest BCUT2D eigenvalue weighted by atomic mass is 16.5. The minimum absolute atomic E-state index is 0.00816. The van der Waals surface area contributed by atoms with Crippen molar-refractivity contribution >= 4 is 5.91 Å². The summed E-state index contributed by atoms with van der Waals surface area (Å²) >= 11 is 0. The third-order valence-electron chi connectivity index (χ3n) is 5.18. The molecule has 2 aromatic rings. The summed E-state index contributed by atoms with van der Waals surface area (Å²) in [6.07, 6.45) is 2.58. The van der Waals surface area contributed by atoms with E-state index in [0.717, 1.165) is 36.1 Å². The van der Waals surface area contributed by atoms with Gasteiger partial charge in [-0.25, -0.2) is 0 Å². The average molecular weight is 353 g/mol. The highest BCUT2D eigenvalue weighted by molar-refractivity contribution is 5.78. The Morgan fingerprint density at radius 1 is 1.19 bits per heavy atom. The Bertz CT molecular complexity index is 767. The van der Waals surface area contributed by atoms with Gasteiger partial charge < -0.3 is 14.8 Å². The number of aryl methyl sites for hydroxylation is 1. The number of rotatable bonds is 6. The van der Waals surface area contributed by atoms with E-state index in [1.165, 1.54) is 0 Å². The van der Waals surface area contributed by atoms with Crippen molar-refractivity contribution in [2.24, 2.45) is 0 Å². The molecular weight excluding hydrogens is 326 g/mol. The molecule has 0 spiro atoms. The number of ether oxygens (including phenoxy) is 2. The number of carbonyl (C=O) groups is 1. The second-order valence-corrected chi connectivity index (χ2v) is 6.96. The van der Waals surface area contributed by atoms with Gasteiger partial charge in [0.25, 0.3) is 5.91 Å². The number of hydrogen-bond donors (Lipinski definition) is 1. The lowest BCUT2D eigenvalue weighted by atomic mass is 9.83. The van der Waals surface area contributed by atoms with Crippen molar-refractivity contribution in [1.29, 1.82) is 0 Å². The van der Waals surface area contributed by atoms with Crippen molar-refractivity contribution in [2.45, 2.75) is 51.7 Å². The van der Waals surface area contributed by atoms with E-state index >= 15 is 0 Å². The van der Waals surface area contributed by atoms with Crippen molar-refractivity contribution in [3.8, 4) is 11.5 Å². The Labute approximate surface area is 155 Å². The zero-order valence-electron chi connectivity index (χ0n) is 15.7. The van der Waals surface area contributed by atoms with Gasteiger partial charge in [0.15, 0.2) is 6.61 Å². The number of benzene rings is 2. The molecule has 4 nitrogen and oxygen atoms in total. The molecule has 0 bridgehead atoms. The normalized spacial score (nSPS) is 17.7. The average Bonchev–Trinajstić information content (AvgIpc) is 2.66. The molecule has 1 heterocycles. The molecule has 1 amide bonds. The fourth-order valence-electron chi connectivity index (χ4n) is 3.52. The maximum Gasteiger partial charge on any atom is 0.258 e. The monoisotopic (exact) mass is 353 g/mol. The van der Waals surface area contributed by atoms with E-state index in [1.54, 1.807) is 0 Å². The van der Waals surface area contributed by atoms with Crippen LogP contribution in [0.3, 0.4) is 0 Å². The zero-order chi connectivity index (χ0) is 18.6. The van der Waals surface area contributed by atoms with E-state index in [9.17, 15) is 4.79 Å². The summed E-state index contributed by atoms with van der Waals surface area (Å²) in [7, 11) is 0. The number of nitrogens with one attached hydrogen (secondary N) is 1. The molecule has 3 rings (SSSR count). The molecule has 0 radical (unpaired) electrons. The van der Waals surface area contributed by atoms with Crippen LogP contribution in [-0.2, 0) is 4.79 Å². The van der Waals surface area contributed by atoms with E-state index in [2.05, 4.69) is 19.2 Å². The summed E-state index contributed by atoms with van der Waals surface area (Å²) in [5, 5.41) is 3.14. The molecule has 1 atom stereocenters. The minimum Gasteiger partial charge on any atom is -0.487 e. The Morgan fingerprint density at radius 3 is 2.69 bits per heavy atom. The van der Waals surface area contributed by atoms with Crippen LogP contribution >= 0.6 is 0 Å². The second-order valence-electron chi connectivity index (χ2n) is 6.96. The lowest BCUT2D eigenvalue weighted by Crippen LogP contribution is -2.45. The largest absolute Gasteiger partial charge is 0.487 e. The third kappa shape index (κ3) is 4.01. The van der Waals surface area contributed by atoms with Crippen LogP contribution in [0.5, 0.6) is 11.5 Å². The van der Waals surface area contributed by atoms with Gasteiger partial charge in [-0.15, -0.1) is 0 Å². The molecule has 138 valence electrons. The molecule has 0 saturated heterocycles. The zero-order valence-corrected chi connectivity index (χ0v) is 15.7. The van der Waals surface area contributed by atoms with E-state index in [1.807, 2.05) is 55.5 Å². The second kappa shape index (κ2) is 7.81. The van der Waals surface area contributed by atoms with Crippen LogP contribution in [0, 0.1) is 6.92 Å². The van der Waals surface area contributed by atoms with Gasteiger partial charge in [-0.1, -0.05) is 44.2 Å². The maximum atomic E-state index is 12.5. The van der Waals surface area contributed by atoms with Crippen LogP contribution in [0.15, 0.2) is 48.5 Å². The Kier molecular flexibility index (Phi) is 5.50. The van der Waals surface area contributed by atoms with Crippen LogP contribution in [-0.4, -0.2) is 18.1 Å². The standard InChI is InChI=1S/C22H27NO3/c1-4-22(5-2)14-19(18-11-6-7-12-20(18)26-22)23-21(24)15-25-17-10-8-9-16(3)13-17/h6-13,19H,4-5,14-15H2,1-3H3,(H,23,24)/t19-/m0/s1. The van der Waals surface area contributed by atoms with Gasteiger partial charge in [0.05, 0.1) is 6.04 Å². The first-order valence-electron chi connectivity index (χ1n) is 9.32. The minimum atomic E-state index is -0.232. The fraction of sp³-hybridized carbons (Fsp3) is 0.409. The van der Waals surface area contributed by atoms with Crippen LogP contribution in [0.1, 0.15) is 50.3 Å². The summed E-state index contributed by atoms with van der Waals surface area (Å²) in [6.45, 7) is 6.28.